The second-order valence-electron chi connectivity index (χ2n) is 5.66. The standard InChI is InChI=1S/C19H17NO4/c1-13-5-7-14(8-6-13)9-10-15-3-2-4-16-19(15)24-18(23)12-20(16)11-17(21)22/h2-10H,11-12H2,1H3,(H,21,22)/b10-9+. The summed E-state index contributed by atoms with van der Waals surface area (Å²) < 4.78 is 5.36. The van der Waals surface area contributed by atoms with Crippen LogP contribution >= 0.6 is 0 Å². The number of carboxylic acid groups (broad SMARTS) is 1. The van der Waals surface area contributed by atoms with E-state index < -0.39 is 11.9 Å². The van der Waals surface area contributed by atoms with Crippen molar-refractivity contribution >= 4 is 29.8 Å². The van der Waals surface area contributed by atoms with Crippen molar-refractivity contribution < 1.29 is 19.4 Å². The Hall–Kier alpha value is -3.08. The summed E-state index contributed by atoms with van der Waals surface area (Å²) in [6.07, 6.45) is 3.79. The summed E-state index contributed by atoms with van der Waals surface area (Å²) >= 11 is 0. The van der Waals surface area contributed by atoms with Crippen molar-refractivity contribution in [3.05, 3.63) is 59.2 Å². The van der Waals surface area contributed by atoms with Gasteiger partial charge in [0.05, 0.1) is 5.69 Å². The van der Waals surface area contributed by atoms with E-state index >= 15 is 0 Å². The van der Waals surface area contributed by atoms with Crippen molar-refractivity contribution in [2.45, 2.75) is 6.92 Å². The highest BCUT2D eigenvalue weighted by Crippen LogP contribution is 2.36. The van der Waals surface area contributed by atoms with Crippen molar-refractivity contribution in [1.29, 1.82) is 0 Å². The van der Waals surface area contributed by atoms with Gasteiger partial charge in [0.25, 0.3) is 0 Å². The predicted molar refractivity (Wildman–Crippen MR) is 92.0 cm³/mol. The van der Waals surface area contributed by atoms with Gasteiger partial charge in [0.1, 0.15) is 13.1 Å². The van der Waals surface area contributed by atoms with Gasteiger partial charge in [-0.05, 0) is 18.6 Å². The smallest absolute Gasteiger partial charge is 0.331 e. The summed E-state index contributed by atoms with van der Waals surface area (Å²) in [7, 11) is 0. The van der Waals surface area contributed by atoms with Crippen LogP contribution < -0.4 is 9.64 Å². The van der Waals surface area contributed by atoms with E-state index in [9.17, 15) is 9.59 Å². The zero-order valence-electron chi connectivity index (χ0n) is 13.2. The summed E-state index contributed by atoms with van der Waals surface area (Å²) in [5.74, 6) is -1.05. The van der Waals surface area contributed by atoms with Crippen molar-refractivity contribution in [3.63, 3.8) is 0 Å². The van der Waals surface area contributed by atoms with Crippen LogP contribution in [0.2, 0.25) is 0 Å². The molecule has 5 nitrogen and oxygen atoms in total. The SMILES string of the molecule is Cc1ccc(/C=C/c2cccc3c2OC(=O)CN3CC(=O)O)cc1. The molecule has 1 aliphatic rings. The van der Waals surface area contributed by atoms with Gasteiger partial charge >= 0.3 is 11.9 Å². The second kappa shape index (κ2) is 6.58. The molecule has 0 unspecified atom stereocenters. The van der Waals surface area contributed by atoms with Crippen LogP contribution in [0.3, 0.4) is 0 Å². The third kappa shape index (κ3) is 3.46. The van der Waals surface area contributed by atoms with Crippen LogP contribution in [0.5, 0.6) is 5.75 Å². The zero-order chi connectivity index (χ0) is 17.1. The van der Waals surface area contributed by atoms with E-state index in [-0.39, 0.29) is 13.1 Å². The van der Waals surface area contributed by atoms with Crippen LogP contribution in [-0.2, 0) is 9.59 Å². The number of hydrogen-bond donors (Lipinski definition) is 1. The Balaban J connectivity index is 1.94. The van der Waals surface area contributed by atoms with E-state index in [1.54, 1.807) is 6.07 Å². The Kier molecular flexibility index (Phi) is 4.33. The number of carbonyl (C=O) groups excluding carboxylic acids is 1. The van der Waals surface area contributed by atoms with Crippen LogP contribution in [0.4, 0.5) is 5.69 Å². The van der Waals surface area contributed by atoms with Gasteiger partial charge in [0.2, 0.25) is 0 Å². The molecule has 24 heavy (non-hydrogen) atoms. The number of rotatable bonds is 4. The Labute approximate surface area is 139 Å². The highest BCUT2D eigenvalue weighted by molar-refractivity contribution is 5.90. The molecule has 0 atom stereocenters. The van der Waals surface area contributed by atoms with Gasteiger partial charge in [-0.3, -0.25) is 4.79 Å². The first-order chi connectivity index (χ1) is 11.5. The Morgan fingerprint density at radius 2 is 1.96 bits per heavy atom. The van der Waals surface area contributed by atoms with Gasteiger partial charge in [-0.1, -0.05) is 54.1 Å². The molecule has 2 aromatic rings. The minimum atomic E-state index is -0.990. The fourth-order valence-electron chi connectivity index (χ4n) is 2.59. The number of aryl methyl sites for hydroxylation is 1. The topological polar surface area (TPSA) is 66.8 Å². The normalized spacial score (nSPS) is 13.7. The number of aliphatic carboxylic acids is 1. The fraction of sp³-hybridized carbons (Fsp3) is 0.158. The van der Waals surface area contributed by atoms with Gasteiger partial charge in [0, 0.05) is 5.56 Å². The molecule has 0 saturated heterocycles. The number of nitrogens with zero attached hydrogens (tertiary/aromatic N) is 1. The Morgan fingerprint density at radius 3 is 2.67 bits per heavy atom. The molecule has 0 radical (unpaired) electrons. The van der Waals surface area contributed by atoms with E-state index in [2.05, 4.69) is 0 Å². The number of benzene rings is 2. The van der Waals surface area contributed by atoms with Gasteiger partial charge in [-0.15, -0.1) is 0 Å². The predicted octanol–water partition coefficient (Wildman–Crippen LogP) is 2.98. The van der Waals surface area contributed by atoms with Crippen molar-refractivity contribution in [3.8, 4) is 5.75 Å². The molecule has 2 aromatic carbocycles. The molecule has 3 rings (SSSR count). The molecule has 1 aliphatic heterocycles. The fourth-order valence-corrected chi connectivity index (χ4v) is 2.59. The minimum Gasteiger partial charge on any atom is -0.480 e. The Morgan fingerprint density at radius 1 is 1.21 bits per heavy atom. The van der Waals surface area contributed by atoms with E-state index in [1.165, 1.54) is 10.5 Å². The second-order valence-corrected chi connectivity index (χ2v) is 5.66. The molecular formula is C19H17NO4. The van der Waals surface area contributed by atoms with Gasteiger partial charge in [0.15, 0.2) is 5.75 Å². The lowest BCUT2D eigenvalue weighted by Gasteiger charge is -2.29. The largest absolute Gasteiger partial charge is 0.480 e. The van der Waals surface area contributed by atoms with Crippen LogP contribution in [0, 0.1) is 6.92 Å². The maximum Gasteiger partial charge on any atom is 0.331 e. The number of ether oxygens (including phenoxy) is 1. The summed E-state index contributed by atoms with van der Waals surface area (Å²) in [6.45, 7) is 1.72. The monoisotopic (exact) mass is 323 g/mol. The highest BCUT2D eigenvalue weighted by atomic mass is 16.5. The third-order valence-electron chi connectivity index (χ3n) is 3.76. The average molecular weight is 323 g/mol. The van der Waals surface area contributed by atoms with Crippen LogP contribution in [-0.4, -0.2) is 30.1 Å². The number of esters is 1. The van der Waals surface area contributed by atoms with Gasteiger partial charge < -0.3 is 14.7 Å². The molecule has 0 amide bonds. The first-order valence-corrected chi connectivity index (χ1v) is 7.58. The van der Waals surface area contributed by atoms with E-state index in [0.29, 0.717) is 11.4 Å². The van der Waals surface area contributed by atoms with Crippen molar-refractivity contribution in [2.24, 2.45) is 0 Å². The highest BCUT2D eigenvalue weighted by Gasteiger charge is 2.26. The van der Waals surface area contributed by atoms with E-state index in [0.717, 1.165) is 11.1 Å². The average Bonchev–Trinajstić information content (AvgIpc) is 2.54. The molecule has 5 heteroatoms. The number of anilines is 1. The maximum atomic E-state index is 11.8. The maximum absolute atomic E-state index is 11.8. The molecule has 0 fully saturated rings. The summed E-state index contributed by atoms with van der Waals surface area (Å²) in [5.41, 5.74) is 3.56. The first-order valence-electron chi connectivity index (χ1n) is 7.58. The summed E-state index contributed by atoms with van der Waals surface area (Å²) in [4.78, 5) is 24.3. The van der Waals surface area contributed by atoms with Crippen molar-refractivity contribution in [1.82, 2.24) is 0 Å². The van der Waals surface area contributed by atoms with Crippen LogP contribution in [0.25, 0.3) is 12.2 Å². The number of para-hydroxylation sites is 1. The molecular weight excluding hydrogens is 306 g/mol. The zero-order valence-corrected chi connectivity index (χ0v) is 13.2. The van der Waals surface area contributed by atoms with E-state index in [4.69, 9.17) is 9.84 Å². The summed E-state index contributed by atoms with van der Waals surface area (Å²) in [5, 5.41) is 9.01. The number of carbonyl (C=O) groups is 2. The number of carboxylic acids is 1. The molecule has 0 aliphatic carbocycles. The Bertz CT molecular complexity index is 809. The lowest BCUT2D eigenvalue weighted by atomic mass is 10.1. The molecule has 0 bridgehead atoms. The molecule has 1 N–H and O–H groups in total. The van der Waals surface area contributed by atoms with Gasteiger partial charge in [-0.2, -0.15) is 0 Å². The van der Waals surface area contributed by atoms with Crippen LogP contribution in [0.15, 0.2) is 42.5 Å². The van der Waals surface area contributed by atoms with Crippen molar-refractivity contribution in [2.75, 3.05) is 18.0 Å². The van der Waals surface area contributed by atoms with E-state index in [1.807, 2.05) is 55.5 Å². The lowest BCUT2D eigenvalue weighted by Crippen LogP contribution is -2.40. The number of fused-ring (bicyclic) bond motifs is 1. The third-order valence-corrected chi connectivity index (χ3v) is 3.76. The molecule has 1 heterocycles. The molecule has 0 saturated carbocycles. The molecule has 0 aromatic heterocycles. The van der Waals surface area contributed by atoms with Crippen LogP contribution in [0.1, 0.15) is 16.7 Å². The quantitative estimate of drug-likeness (QED) is 0.532. The first kappa shape index (κ1) is 15.8. The molecule has 0 spiro atoms. The summed E-state index contributed by atoms with van der Waals surface area (Å²) in [6, 6.07) is 13.5. The minimum absolute atomic E-state index is 0.0650. The lowest BCUT2D eigenvalue weighted by molar-refractivity contribution is -0.136. The number of hydrogen-bond acceptors (Lipinski definition) is 4. The van der Waals surface area contributed by atoms with Gasteiger partial charge in [-0.25, -0.2) is 4.79 Å². The molecule has 122 valence electrons.